The van der Waals surface area contributed by atoms with Crippen molar-refractivity contribution in [3.05, 3.63) is 70.6 Å². The number of ether oxygens (including phenoxy) is 1. The number of aliphatic hydroxyl groups excluding tert-OH is 1. The Morgan fingerprint density at radius 3 is 2.54 bits per heavy atom. The molecule has 0 bridgehead atoms. The molecule has 0 aliphatic heterocycles. The van der Waals surface area contributed by atoms with Crippen LogP contribution in [0, 0.1) is 11.3 Å². The van der Waals surface area contributed by atoms with Crippen molar-refractivity contribution in [3.8, 4) is 22.5 Å². The molecule has 132 valence electrons. The highest BCUT2D eigenvalue weighted by atomic mass is 32.1. The zero-order valence-electron chi connectivity index (χ0n) is 14.7. The van der Waals surface area contributed by atoms with Gasteiger partial charge in [-0.25, -0.2) is 4.98 Å². The second-order valence-corrected chi connectivity index (χ2v) is 7.17. The van der Waals surface area contributed by atoms with Gasteiger partial charge in [-0.05, 0) is 34.6 Å². The summed E-state index contributed by atoms with van der Waals surface area (Å²) in [6.45, 7) is 3.88. The van der Waals surface area contributed by atoms with Gasteiger partial charge >= 0.3 is 0 Å². The summed E-state index contributed by atoms with van der Waals surface area (Å²) >= 11 is 1.59. The van der Waals surface area contributed by atoms with Crippen LogP contribution in [0.1, 0.15) is 42.6 Å². The molecule has 5 heteroatoms. The maximum Gasteiger partial charge on any atom is 0.233 e. The molecule has 1 aromatic carbocycles. The second-order valence-electron chi connectivity index (χ2n) is 6.22. The summed E-state index contributed by atoms with van der Waals surface area (Å²) in [6, 6.07) is 17.6. The van der Waals surface area contributed by atoms with E-state index in [4.69, 9.17) is 4.74 Å². The van der Waals surface area contributed by atoms with Crippen LogP contribution in [0.2, 0.25) is 0 Å². The van der Waals surface area contributed by atoms with Crippen LogP contribution in [0.3, 0.4) is 0 Å². The maximum absolute atomic E-state index is 9.80. The van der Waals surface area contributed by atoms with Gasteiger partial charge in [-0.3, -0.25) is 0 Å². The largest absolute Gasteiger partial charge is 0.466 e. The molecule has 0 saturated heterocycles. The zero-order valence-corrected chi connectivity index (χ0v) is 15.5. The third-order valence-corrected chi connectivity index (χ3v) is 5.01. The molecule has 0 radical (unpaired) electrons. The predicted molar refractivity (Wildman–Crippen MR) is 103 cm³/mol. The maximum atomic E-state index is 9.80. The molecule has 2 aromatic heterocycles. The molecule has 1 unspecified atom stereocenters. The summed E-state index contributed by atoms with van der Waals surface area (Å²) in [5, 5.41) is 21.5. The molecule has 3 aromatic rings. The molecule has 3 rings (SSSR count). The molecular weight excluding hydrogens is 344 g/mol. The summed E-state index contributed by atoms with van der Waals surface area (Å²) in [4.78, 5) is 5.61. The molecule has 2 heterocycles. The van der Waals surface area contributed by atoms with Crippen LogP contribution in [0.15, 0.2) is 53.9 Å². The molecule has 26 heavy (non-hydrogen) atoms. The molecule has 1 atom stereocenters. The monoisotopic (exact) mass is 364 g/mol. The van der Waals surface area contributed by atoms with Crippen molar-refractivity contribution in [2.45, 2.75) is 25.9 Å². The number of aliphatic hydroxyl groups is 1. The standard InChI is InChI=1S/C21H20N2O2S/c1-14(2)16-11-18(20-9-6-10-26-20)23-21(17(16)12-22)25-19(13-24)15-7-4-3-5-8-15/h3-11,14,19,24H,13H2,1-2H3. The lowest BCUT2D eigenvalue weighted by atomic mass is 9.98. The Hall–Kier alpha value is -2.68. The Labute approximate surface area is 157 Å². The van der Waals surface area contributed by atoms with E-state index in [2.05, 4.69) is 11.1 Å². The van der Waals surface area contributed by atoms with Crippen LogP contribution in [-0.2, 0) is 0 Å². The number of thiophene rings is 1. The van der Waals surface area contributed by atoms with E-state index < -0.39 is 6.10 Å². The van der Waals surface area contributed by atoms with Crippen LogP contribution in [-0.4, -0.2) is 16.7 Å². The Bertz CT molecular complexity index is 900. The van der Waals surface area contributed by atoms with Gasteiger partial charge < -0.3 is 9.84 Å². The zero-order chi connectivity index (χ0) is 18.5. The first-order valence-electron chi connectivity index (χ1n) is 8.45. The number of nitriles is 1. The quantitative estimate of drug-likeness (QED) is 0.674. The number of hydrogen-bond acceptors (Lipinski definition) is 5. The van der Waals surface area contributed by atoms with Crippen molar-refractivity contribution in [3.63, 3.8) is 0 Å². The normalized spacial score (nSPS) is 12.0. The average Bonchev–Trinajstić information content (AvgIpc) is 3.20. The van der Waals surface area contributed by atoms with Crippen molar-refractivity contribution >= 4 is 11.3 Å². The van der Waals surface area contributed by atoms with Gasteiger partial charge in [-0.1, -0.05) is 50.2 Å². The first-order valence-corrected chi connectivity index (χ1v) is 9.33. The Morgan fingerprint density at radius 2 is 1.96 bits per heavy atom. The smallest absolute Gasteiger partial charge is 0.233 e. The summed E-state index contributed by atoms with van der Waals surface area (Å²) in [6.07, 6.45) is -0.575. The van der Waals surface area contributed by atoms with E-state index in [0.717, 1.165) is 21.7 Å². The van der Waals surface area contributed by atoms with Gasteiger partial charge in [0, 0.05) is 0 Å². The third-order valence-electron chi connectivity index (χ3n) is 4.12. The van der Waals surface area contributed by atoms with Crippen molar-refractivity contribution in [2.24, 2.45) is 0 Å². The lowest BCUT2D eigenvalue weighted by Gasteiger charge is -2.20. The summed E-state index contributed by atoms with van der Waals surface area (Å²) in [5.41, 5.74) is 2.94. The molecule has 0 saturated carbocycles. The fourth-order valence-corrected chi connectivity index (χ4v) is 3.44. The number of nitrogens with zero attached hydrogens (tertiary/aromatic N) is 2. The molecular formula is C21H20N2O2S. The van der Waals surface area contributed by atoms with Crippen molar-refractivity contribution in [1.29, 1.82) is 5.26 Å². The highest BCUT2D eigenvalue weighted by Gasteiger charge is 2.21. The summed E-state index contributed by atoms with van der Waals surface area (Å²) in [5.74, 6) is 0.419. The van der Waals surface area contributed by atoms with E-state index in [9.17, 15) is 10.4 Å². The first kappa shape index (κ1) is 18.1. The van der Waals surface area contributed by atoms with Gasteiger partial charge in [0.25, 0.3) is 0 Å². The Kier molecular flexibility index (Phi) is 5.67. The number of hydrogen-bond donors (Lipinski definition) is 1. The Morgan fingerprint density at radius 1 is 1.19 bits per heavy atom. The SMILES string of the molecule is CC(C)c1cc(-c2cccs2)nc(OC(CO)c2ccccc2)c1C#N. The minimum Gasteiger partial charge on any atom is -0.466 e. The third kappa shape index (κ3) is 3.77. The van der Waals surface area contributed by atoms with Gasteiger partial charge in [0.15, 0.2) is 0 Å². The number of aromatic nitrogens is 1. The van der Waals surface area contributed by atoms with E-state index in [1.165, 1.54) is 0 Å². The highest BCUT2D eigenvalue weighted by molar-refractivity contribution is 7.13. The minimum atomic E-state index is -0.575. The lowest BCUT2D eigenvalue weighted by Crippen LogP contribution is -2.14. The van der Waals surface area contributed by atoms with Crippen LogP contribution >= 0.6 is 11.3 Å². The van der Waals surface area contributed by atoms with Gasteiger partial charge in [0.05, 0.1) is 17.2 Å². The minimum absolute atomic E-state index is 0.151. The van der Waals surface area contributed by atoms with E-state index >= 15 is 0 Å². The Balaban J connectivity index is 2.08. The number of pyridine rings is 1. The molecule has 1 N–H and O–H groups in total. The van der Waals surface area contributed by atoms with Crippen LogP contribution in [0.4, 0.5) is 0 Å². The van der Waals surface area contributed by atoms with E-state index in [1.54, 1.807) is 11.3 Å². The lowest BCUT2D eigenvalue weighted by molar-refractivity contribution is 0.111. The van der Waals surface area contributed by atoms with Gasteiger partial charge in [0.1, 0.15) is 17.7 Å². The fraction of sp³-hybridized carbons (Fsp3) is 0.238. The molecule has 0 aliphatic carbocycles. The summed E-state index contributed by atoms with van der Waals surface area (Å²) < 4.78 is 6.02. The van der Waals surface area contributed by atoms with Crippen molar-refractivity contribution in [2.75, 3.05) is 6.61 Å². The number of benzene rings is 1. The van der Waals surface area contributed by atoms with Gasteiger partial charge in [-0.15, -0.1) is 11.3 Å². The molecule has 0 aliphatic rings. The van der Waals surface area contributed by atoms with E-state index in [1.807, 2.05) is 67.8 Å². The van der Waals surface area contributed by atoms with Gasteiger partial charge in [0.2, 0.25) is 5.88 Å². The highest BCUT2D eigenvalue weighted by Crippen LogP contribution is 2.34. The van der Waals surface area contributed by atoms with Crippen LogP contribution in [0.5, 0.6) is 5.88 Å². The molecule has 0 amide bonds. The van der Waals surface area contributed by atoms with Crippen LogP contribution in [0.25, 0.3) is 10.6 Å². The van der Waals surface area contributed by atoms with Crippen molar-refractivity contribution in [1.82, 2.24) is 4.98 Å². The molecule has 0 spiro atoms. The van der Waals surface area contributed by atoms with E-state index in [-0.39, 0.29) is 18.4 Å². The number of rotatable bonds is 6. The molecule has 4 nitrogen and oxygen atoms in total. The topological polar surface area (TPSA) is 66.1 Å². The summed E-state index contributed by atoms with van der Waals surface area (Å²) in [7, 11) is 0. The van der Waals surface area contributed by atoms with E-state index in [0.29, 0.717) is 5.56 Å². The molecule has 0 fully saturated rings. The first-order chi connectivity index (χ1) is 12.6. The van der Waals surface area contributed by atoms with Crippen molar-refractivity contribution < 1.29 is 9.84 Å². The second kappa shape index (κ2) is 8.13. The predicted octanol–water partition coefficient (Wildman–Crippen LogP) is 4.92. The van der Waals surface area contributed by atoms with Gasteiger partial charge in [-0.2, -0.15) is 5.26 Å². The fourth-order valence-electron chi connectivity index (χ4n) is 2.76. The van der Waals surface area contributed by atoms with Crippen LogP contribution < -0.4 is 4.74 Å². The average molecular weight is 364 g/mol.